The van der Waals surface area contributed by atoms with Gasteiger partial charge in [0.25, 0.3) is 0 Å². The summed E-state index contributed by atoms with van der Waals surface area (Å²) < 4.78 is 16.8. The summed E-state index contributed by atoms with van der Waals surface area (Å²) in [5.41, 5.74) is 2.44. The number of pyridine rings is 1. The predicted octanol–water partition coefficient (Wildman–Crippen LogP) is 4.78. The number of benzene rings is 1. The van der Waals surface area contributed by atoms with Crippen LogP contribution >= 0.6 is 11.6 Å². The number of piperidine rings is 1. The van der Waals surface area contributed by atoms with Gasteiger partial charge in [-0.2, -0.15) is 0 Å². The maximum atomic E-state index is 11.9. The first-order chi connectivity index (χ1) is 19.6. The van der Waals surface area contributed by atoms with Gasteiger partial charge in [-0.15, -0.1) is 0 Å². The molecule has 1 aromatic carbocycles. The highest BCUT2D eigenvalue weighted by atomic mass is 35.5. The van der Waals surface area contributed by atoms with E-state index in [1.54, 1.807) is 26.5 Å². The van der Waals surface area contributed by atoms with E-state index in [1.165, 1.54) is 6.08 Å². The van der Waals surface area contributed by atoms with E-state index in [2.05, 4.69) is 40.9 Å². The summed E-state index contributed by atoms with van der Waals surface area (Å²) in [7, 11) is 3.19. The van der Waals surface area contributed by atoms with Crippen LogP contribution in [-0.4, -0.2) is 73.5 Å². The molecular formula is C30H37ClN6O4. The number of aromatic nitrogens is 3. The average Bonchev–Trinajstić information content (AvgIpc) is 3.39. The minimum atomic E-state index is -0.238. The number of nitrogens with one attached hydrogen (secondary N) is 2. The third-order valence-corrected chi connectivity index (χ3v) is 8.39. The van der Waals surface area contributed by atoms with Gasteiger partial charge in [0.1, 0.15) is 23.1 Å². The Bertz CT molecular complexity index is 1440. The maximum absolute atomic E-state index is 11.9. The molecule has 41 heavy (non-hydrogen) atoms. The molecule has 1 amide bonds. The van der Waals surface area contributed by atoms with Gasteiger partial charge in [0.2, 0.25) is 5.91 Å². The lowest BCUT2D eigenvalue weighted by Gasteiger charge is -2.38. The lowest BCUT2D eigenvalue weighted by Crippen LogP contribution is -2.45. The molecule has 0 spiro atoms. The molecule has 218 valence electrons. The van der Waals surface area contributed by atoms with Gasteiger partial charge in [-0.05, 0) is 37.3 Å². The van der Waals surface area contributed by atoms with Gasteiger partial charge in [-0.3, -0.25) is 4.79 Å². The Morgan fingerprint density at radius 2 is 1.85 bits per heavy atom. The zero-order valence-electron chi connectivity index (χ0n) is 24.2. The Labute approximate surface area is 245 Å². The molecule has 2 aliphatic rings. The highest BCUT2D eigenvalue weighted by molar-refractivity contribution is 6.35. The van der Waals surface area contributed by atoms with Gasteiger partial charge < -0.3 is 29.7 Å². The standard InChI is InChI=1S/C30H37ClN6O4/c1-7-25(38)34-21-16-41-15-20(21)33-24-12-18-19(14-32-24)35-28(36-29(18)37-10-8-30(3,4)9-11-37)26-17(2)22(39-5)13-23(40-6)27(26)31/h7,12-14,20-21H,1,8-11,15-16H2,2-6H3,(H,32,33)(H,34,38)/t20-,21+/m1/s1. The van der Waals surface area contributed by atoms with E-state index in [9.17, 15) is 4.79 Å². The summed E-state index contributed by atoms with van der Waals surface area (Å²) in [5.74, 6) is 2.85. The fourth-order valence-electron chi connectivity index (χ4n) is 5.37. The Morgan fingerprint density at radius 1 is 1.15 bits per heavy atom. The summed E-state index contributed by atoms with van der Waals surface area (Å²) >= 11 is 6.84. The van der Waals surface area contributed by atoms with Crippen LogP contribution in [-0.2, 0) is 9.53 Å². The maximum Gasteiger partial charge on any atom is 0.243 e. The van der Waals surface area contributed by atoms with Crippen molar-refractivity contribution in [3.63, 3.8) is 0 Å². The summed E-state index contributed by atoms with van der Waals surface area (Å²) in [6.07, 6.45) is 5.09. The van der Waals surface area contributed by atoms with Crippen molar-refractivity contribution in [1.82, 2.24) is 20.3 Å². The quantitative estimate of drug-likeness (QED) is 0.364. The third-order valence-electron chi connectivity index (χ3n) is 8.01. The number of hydrogen-bond acceptors (Lipinski definition) is 9. The Hall–Kier alpha value is -3.63. The molecule has 11 heteroatoms. The summed E-state index contributed by atoms with van der Waals surface area (Å²) in [4.78, 5) is 28.9. The first kappa shape index (κ1) is 28.9. The number of nitrogens with zero attached hydrogens (tertiary/aromatic N) is 4. The van der Waals surface area contributed by atoms with Crippen LogP contribution in [0.4, 0.5) is 11.6 Å². The van der Waals surface area contributed by atoms with Crippen LogP contribution < -0.4 is 25.0 Å². The van der Waals surface area contributed by atoms with Crippen LogP contribution in [0.3, 0.4) is 0 Å². The second-order valence-electron chi connectivity index (χ2n) is 11.3. The molecule has 2 aromatic heterocycles. The molecule has 2 aliphatic heterocycles. The number of carbonyl (C=O) groups excluding carboxylic acids is 1. The van der Waals surface area contributed by atoms with Crippen LogP contribution in [0, 0.1) is 12.3 Å². The van der Waals surface area contributed by atoms with E-state index in [-0.39, 0.29) is 23.4 Å². The molecule has 10 nitrogen and oxygen atoms in total. The second kappa shape index (κ2) is 11.7. The van der Waals surface area contributed by atoms with Crippen molar-refractivity contribution in [2.45, 2.75) is 45.7 Å². The van der Waals surface area contributed by atoms with Gasteiger partial charge in [-0.25, -0.2) is 15.0 Å². The third kappa shape index (κ3) is 5.90. The van der Waals surface area contributed by atoms with E-state index in [0.29, 0.717) is 52.5 Å². The van der Waals surface area contributed by atoms with Crippen molar-refractivity contribution < 1.29 is 19.0 Å². The molecule has 0 saturated carbocycles. The molecule has 5 rings (SSSR count). The number of ether oxygens (including phenoxy) is 3. The van der Waals surface area contributed by atoms with Crippen molar-refractivity contribution in [2.24, 2.45) is 5.41 Å². The minimum absolute atomic E-state index is 0.144. The highest BCUT2D eigenvalue weighted by Crippen LogP contribution is 2.43. The van der Waals surface area contributed by atoms with Gasteiger partial charge in [-0.1, -0.05) is 32.0 Å². The molecule has 0 bridgehead atoms. The molecule has 2 fully saturated rings. The molecule has 2 N–H and O–H groups in total. The topological polar surface area (TPSA) is 111 Å². The Kier molecular flexibility index (Phi) is 8.24. The van der Waals surface area contributed by atoms with Crippen molar-refractivity contribution in [2.75, 3.05) is 50.7 Å². The van der Waals surface area contributed by atoms with E-state index >= 15 is 0 Å². The van der Waals surface area contributed by atoms with E-state index in [0.717, 1.165) is 42.7 Å². The molecule has 2 saturated heterocycles. The molecule has 0 aliphatic carbocycles. The zero-order chi connectivity index (χ0) is 29.3. The minimum Gasteiger partial charge on any atom is -0.496 e. The lowest BCUT2D eigenvalue weighted by molar-refractivity contribution is -0.117. The monoisotopic (exact) mass is 580 g/mol. The van der Waals surface area contributed by atoms with Crippen LogP contribution in [0.2, 0.25) is 5.02 Å². The summed E-state index contributed by atoms with van der Waals surface area (Å²) in [6, 6.07) is 3.40. The van der Waals surface area contributed by atoms with Crippen molar-refractivity contribution in [1.29, 1.82) is 0 Å². The fraction of sp³-hybridized carbons (Fsp3) is 0.467. The zero-order valence-corrected chi connectivity index (χ0v) is 25.0. The summed E-state index contributed by atoms with van der Waals surface area (Å²) in [5, 5.41) is 7.66. The van der Waals surface area contributed by atoms with Gasteiger partial charge >= 0.3 is 0 Å². The van der Waals surface area contributed by atoms with E-state index < -0.39 is 0 Å². The van der Waals surface area contributed by atoms with Crippen LogP contribution in [0.5, 0.6) is 11.5 Å². The predicted molar refractivity (Wildman–Crippen MR) is 161 cm³/mol. The number of halogens is 1. The molecular weight excluding hydrogens is 544 g/mol. The van der Waals surface area contributed by atoms with E-state index in [4.69, 9.17) is 35.8 Å². The normalized spacial score (nSPS) is 20.1. The number of fused-ring (bicyclic) bond motifs is 1. The number of anilines is 2. The SMILES string of the molecule is C=CC(=O)N[C@H]1COC[C@H]1Nc1cc2c(N3CCC(C)(C)CC3)nc(-c3c(C)c(OC)cc(OC)c3Cl)nc2cn1. The number of rotatable bonds is 8. The summed E-state index contributed by atoms with van der Waals surface area (Å²) in [6.45, 7) is 12.7. The average molecular weight is 581 g/mol. The number of hydrogen-bond donors (Lipinski definition) is 2. The van der Waals surface area contributed by atoms with Gasteiger partial charge in [0, 0.05) is 35.7 Å². The Morgan fingerprint density at radius 3 is 2.54 bits per heavy atom. The fourth-order valence-corrected chi connectivity index (χ4v) is 5.73. The smallest absolute Gasteiger partial charge is 0.243 e. The first-order valence-electron chi connectivity index (χ1n) is 13.8. The lowest BCUT2D eigenvalue weighted by atomic mass is 9.82. The van der Waals surface area contributed by atoms with Gasteiger partial charge in [0.15, 0.2) is 5.82 Å². The Balaban J connectivity index is 1.59. The van der Waals surface area contributed by atoms with Crippen LogP contribution in [0.25, 0.3) is 22.3 Å². The molecule has 0 unspecified atom stereocenters. The number of methoxy groups -OCH3 is 2. The van der Waals surface area contributed by atoms with Crippen LogP contribution in [0.1, 0.15) is 32.3 Å². The number of carbonyl (C=O) groups is 1. The van der Waals surface area contributed by atoms with Crippen molar-refractivity contribution in [3.05, 3.63) is 41.6 Å². The first-order valence-corrected chi connectivity index (χ1v) is 14.1. The molecule has 2 atom stereocenters. The van der Waals surface area contributed by atoms with E-state index in [1.807, 2.05) is 13.0 Å². The molecule has 3 aromatic rings. The van der Waals surface area contributed by atoms with Gasteiger partial charge in [0.05, 0.1) is 56.3 Å². The molecule has 0 radical (unpaired) electrons. The van der Waals surface area contributed by atoms with Crippen LogP contribution in [0.15, 0.2) is 31.0 Å². The largest absolute Gasteiger partial charge is 0.496 e. The van der Waals surface area contributed by atoms with Crippen molar-refractivity contribution >= 4 is 40.0 Å². The van der Waals surface area contributed by atoms with Crippen molar-refractivity contribution in [3.8, 4) is 22.9 Å². The molecule has 4 heterocycles. The second-order valence-corrected chi connectivity index (χ2v) is 11.7. The highest BCUT2D eigenvalue weighted by Gasteiger charge is 2.31. The number of amides is 1.